The highest BCUT2D eigenvalue weighted by Crippen LogP contribution is 2.20. The van der Waals surface area contributed by atoms with E-state index < -0.39 is 0 Å². The van der Waals surface area contributed by atoms with E-state index in [0.29, 0.717) is 18.9 Å². The first-order valence-corrected chi connectivity index (χ1v) is 9.62. The summed E-state index contributed by atoms with van der Waals surface area (Å²) in [6, 6.07) is 10.4. The van der Waals surface area contributed by atoms with Crippen molar-refractivity contribution >= 4 is 22.6 Å². The average Bonchev–Trinajstić information content (AvgIpc) is 3.00. The minimum absolute atomic E-state index is 0.0813. The van der Waals surface area contributed by atoms with E-state index in [4.69, 9.17) is 4.98 Å². The number of nitrogens with one attached hydrogen (secondary N) is 1. The molecule has 0 spiro atoms. The van der Waals surface area contributed by atoms with Gasteiger partial charge in [-0.1, -0.05) is 44.2 Å². The molecule has 0 radical (unpaired) electrons. The Morgan fingerprint density at radius 1 is 1.20 bits per heavy atom. The summed E-state index contributed by atoms with van der Waals surface area (Å²) in [7, 11) is 0. The van der Waals surface area contributed by atoms with Crippen molar-refractivity contribution in [1.82, 2.24) is 14.7 Å². The number of carbonyl (C=O) groups excluding carboxylic acids is 1. The predicted octanol–water partition coefficient (Wildman–Crippen LogP) is 3.51. The molecule has 0 aliphatic rings. The van der Waals surface area contributed by atoms with E-state index in [1.807, 2.05) is 32.0 Å². The average molecular weight is 361 g/mol. The molecule has 0 saturated carbocycles. The number of rotatable bonds is 9. The fourth-order valence-electron chi connectivity index (χ4n) is 2.56. The fourth-order valence-corrected chi connectivity index (χ4v) is 3.28. The standard InChI is InChI=1S/C19H28N4OS/c1-14(2)13-23(11-10-18(24)20-15(3)4)19-21-17(22-25-19)12-16-8-6-5-7-9-16/h5-9,14-15H,10-13H2,1-4H3,(H,20,24). The fraction of sp³-hybridized carbons (Fsp3) is 0.526. The van der Waals surface area contributed by atoms with Gasteiger partial charge in [0.1, 0.15) is 5.82 Å². The second-order valence-corrected chi connectivity index (χ2v) is 7.70. The SMILES string of the molecule is CC(C)CN(CCC(=O)NC(C)C)c1nc(Cc2ccccc2)ns1. The highest BCUT2D eigenvalue weighted by molar-refractivity contribution is 7.09. The molecule has 5 nitrogen and oxygen atoms in total. The molecule has 1 heterocycles. The van der Waals surface area contributed by atoms with Gasteiger partial charge in [-0.2, -0.15) is 4.37 Å². The molecular weight excluding hydrogens is 332 g/mol. The van der Waals surface area contributed by atoms with Crippen LogP contribution >= 0.6 is 11.5 Å². The Morgan fingerprint density at radius 2 is 1.92 bits per heavy atom. The van der Waals surface area contributed by atoms with E-state index in [9.17, 15) is 4.79 Å². The van der Waals surface area contributed by atoms with E-state index in [0.717, 1.165) is 23.9 Å². The monoisotopic (exact) mass is 360 g/mol. The predicted molar refractivity (Wildman–Crippen MR) is 104 cm³/mol. The maximum absolute atomic E-state index is 12.0. The zero-order valence-electron chi connectivity index (χ0n) is 15.5. The molecule has 25 heavy (non-hydrogen) atoms. The van der Waals surface area contributed by atoms with Crippen molar-refractivity contribution in [3.05, 3.63) is 41.7 Å². The summed E-state index contributed by atoms with van der Waals surface area (Å²) in [5.41, 5.74) is 1.21. The van der Waals surface area contributed by atoms with Gasteiger partial charge in [0.2, 0.25) is 11.0 Å². The smallest absolute Gasteiger partial charge is 0.221 e. The zero-order valence-corrected chi connectivity index (χ0v) is 16.3. The minimum Gasteiger partial charge on any atom is -0.354 e. The third-order valence-corrected chi connectivity index (χ3v) is 4.39. The molecule has 136 valence electrons. The van der Waals surface area contributed by atoms with Crippen LogP contribution in [0.3, 0.4) is 0 Å². The molecule has 0 aliphatic carbocycles. The van der Waals surface area contributed by atoms with Gasteiger partial charge in [0.05, 0.1) is 0 Å². The van der Waals surface area contributed by atoms with Crippen LogP contribution in [0.1, 0.15) is 45.5 Å². The number of amides is 1. The number of benzene rings is 1. The first-order valence-electron chi connectivity index (χ1n) is 8.85. The highest BCUT2D eigenvalue weighted by Gasteiger charge is 2.16. The van der Waals surface area contributed by atoms with Crippen LogP contribution in [0, 0.1) is 5.92 Å². The largest absolute Gasteiger partial charge is 0.354 e. The van der Waals surface area contributed by atoms with Crippen LogP contribution in [0.4, 0.5) is 5.13 Å². The van der Waals surface area contributed by atoms with Crippen LogP contribution in [0.5, 0.6) is 0 Å². The lowest BCUT2D eigenvalue weighted by Gasteiger charge is -2.23. The van der Waals surface area contributed by atoms with Gasteiger partial charge in [-0.3, -0.25) is 4.79 Å². The molecular formula is C19H28N4OS. The van der Waals surface area contributed by atoms with Crippen molar-refractivity contribution in [2.45, 2.75) is 46.6 Å². The van der Waals surface area contributed by atoms with Crippen molar-refractivity contribution in [2.75, 3.05) is 18.0 Å². The number of anilines is 1. The second-order valence-electron chi connectivity index (χ2n) is 6.97. The lowest BCUT2D eigenvalue weighted by Crippen LogP contribution is -2.35. The van der Waals surface area contributed by atoms with E-state index >= 15 is 0 Å². The number of hydrogen-bond acceptors (Lipinski definition) is 5. The number of carbonyl (C=O) groups is 1. The second kappa shape index (κ2) is 9.51. The van der Waals surface area contributed by atoms with Gasteiger partial charge in [-0.25, -0.2) is 4.98 Å². The Hall–Kier alpha value is -1.95. The zero-order chi connectivity index (χ0) is 18.2. The van der Waals surface area contributed by atoms with Gasteiger partial charge in [0.25, 0.3) is 0 Å². The van der Waals surface area contributed by atoms with Crippen LogP contribution in [-0.4, -0.2) is 34.4 Å². The Balaban J connectivity index is 2.01. The molecule has 2 aromatic rings. The van der Waals surface area contributed by atoms with Gasteiger partial charge in [0.15, 0.2) is 0 Å². The Labute approximate surface area is 154 Å². The van der Waals surface area contributed by atoms with E-state index in [1.165, 1.54) is 17.1 Å². The van der Waals surface area contributed by atoms with Crippen LogP contribution in [0.15, 0.2) is 30.3 Å². The quantitative estimate of drug-likeness (QED) is 0.743. The Bertz CT molecular complexity index is 654. The van der Waals surface area contributed by atoms with Gasteiger partial charge in [0, 0.05) is 43.5 Å². The summed E-state index contributed by atoms with van der Waals surface area (Å²) in [4.78, 5) is 18.8. The summed E-state index contributed by atoms with van der Waals surface area (Å²) >= 11 is 1.42. The van der Waals surface area contributed by atoms with Crippen LogP contribution < -0.4 is 10.2 Å². The van der Waals surface area contributed by atoms with Crippen molar-refractivity contribution in [1.29, 1.82) is 0 Å². The molecule has 0 aliphatic heterocycles. The van der Waals surface area contributed by atoms with E-state index in [2.05, 4.69) is 40.6 Å². The van der Waals surface area contributed by atoms with Crippen LogP contribution in [0.2, 0.25) is 0 Å². The Kier molecular flexibility index (Phi) is 7.37. The lowest BCUT2D eigenvalue weighted by molar-refractivity contribution is -0.121. The van der Waals surface area contributed by atoms with Gasteiger partial charge < -0.3 is 10.2 Å². The molecule has 0 unspecified atom stereocenters. The van der Waals surface area contributed by atoms with Crippen molar-refractivity contribution in [3.8, 4) is 0 Å². The number of nitrogens with zero attached hydrogens (tertiary/aromatic N) is 3. The molecule has 6 heteroatoms. The summed E-state index contributed by atoms with van der Waals surface area (Å²) in [5.74, 6) is 1.42. The van der Waals surface area contributed by atoms with Crippen molar-refractivity contribution < 1.29 is 4.79 Å². The molecule has 1 aromatic heterocycles. The first kappa shape index (κ1) is 19.4. The summed E-state index contributed by atoms with van der Waals surface area (Å²) < 4.78 is 4.50. The molecule has 0 bridgehead atoms. The summed E-state index contributed by atoms with van der Waals surface area (Å²) in [5, 5.41) is 3.84. The van der Waals surface area contributed by atoms with Crippen LogP contribution in [-0.2, 0) is 11.2 Å². The molecule has 0 fully saturated rings. The third-order valence-electron chi connectivity index (χ3n) is 3.58. The van der Waals surface area contributed by atoms with Gasteiger partial charge in [-0.15, -0.1) is 0 Å². The Morgan fingerprint density at radius 3 is 2.56 bits per heavy atom. The number of hydrogen-bond donors (Lipinski definition) is 1. The maximum atomic E-state index is 12.0. The molecule has 1 amide bonds. The molecule has 1 N–H and O–H groups in total. The molecule has 2 rings (SSSR count). The molecule has 0 saturated heterocycles. The molecule has 1 aromatic carbocycles. The lowest BCUT2D eigenvalue weighted by atomic mass is 10.1. The highest BCUT2D eigenvalue weighted by atomic mass is 32.1. The summed E-state index contributed by atoms with van der Waals surface area (Å²) in [6.45, 7) is 9.83. The first-order chi connectivity index (χ1) is 11.9. The van der Waals surface area contributed by atoms with Gasteiger partial charge in [-0.05, 0) is 25.3 Å². The maximum Gasteiger partial charge on any atom is 0.221 e. The number of aromatic nitrogens is 2. The topological polar surface area (TPSA) is 58.1 Å². The summed E-state index contributed by atoms with van der Waals surface area (Å²) in [6.07, 6.45) is 1.21. The van der Waals surface area contributed by atoms with Crippen molar-refractivity contribution in [3.63, 3.8) is 0 Å². The third kappa shape index (κ3) is 6.82. The van der Waals surface area contributed by atoms with Crippen molar-refractivity contribution in [2.24, 2.45) is 5.92 Å². The normalized spacial score (nSPS) is 11.1. The minimum atomic E-state index is 0.0813. The van der Waals surface area contributed by atoms with E-state index in [1.54, 1.807) is 0 Å². The van der Waals surface area contributed by atoms with Crippen LogP contribution in [0.25, 0.3) is 0 Å². The molecule has 0 atom stereocenters. The van der Waals surface area contributed by atoms with Gasteiger partial charge >= 0.3 is 0 Å². The van der Waals surface area contributed by atoms with E-state index in [-0.39, 0.29) is 11.9 Å².